The maximum absolute atomic E-state index is 13.2. The Labute approximate surface area is 122 Å². The summed E-state index contributed by atoms with van der Waals surface area (Å²) in [5.41, 5.74) is 2.34. The van der Waals surface area contributed by atoms with Crippen LogP contribution in [-0.4, -0.2) is 0 Å². The molecule has 1 N–H and O–H groups in total. The van der Waals surface area contributed by atoms with Crippen LogP contribution < -0.4 is 5.32 Å². The Balaban J connectivity index is 2.07. The standard InChI is InChI=1S/C16H14ClFN2/c1-11-8-13(4-7-15(11)18)16(9-19)20-10-12-2-5-14(17)6-3-12/h2-8,16,20H,10H2,1H3. The highest BCUT2D eigenvalue weighted by Gasteiger charge is 2.11. The molecule has 2 aromatic rings. The Bertz CT molecular complexity index is 632. The molecule has 0 spiro atoms. The van der Waals surface area contributed by atoms with Crippen LogP contribution in [0.5, 0.6) is 0 Å². The molecule has 2 nitrogen and oxygen atoms in total. The Morgan fingerprint density at radius 2 is 1.95 bits per heavy atom. The van der Waals surface area contributed by atoms with Gasteiger partial charge in [0, 0.05) is 11.6 Å². The van der Waals surface area contributed by atoms with Crippen molar-refractivity contribution in [3.63, 3.8) is 0 Å². The van der Waals surface area contributed by atoms with E-state index in [1.165, 1.54) is 6.07 Å². The van der Waals surface area contributed by atoms with Gasteiger partial charge in [-0.1, -0.05) is 35.9 Å². The molecule has 4 heteroatoms. The minimum Gasteiger partial charge on any atom is -0.294 e. The summed E-state index contributed by atoms with van der Waals surface area (Å²) in [5, 5.41) is 13.1. The lowest BCUT2D eigenvalue weighted by atomic mass is 10.0. The second-order valence-corrected chi connectivity index (χ2v) is 5.01. The highest BCUT2D eigenvalue weighted by Crippen LogP contribution is 2.17. The number of nitriles is 1. The van der Waals surface area contributed by atoms with Gasteiger partial charge in [-0.15, -0.1) is 0 Å². The minimum absolute atomic E-state index is 0.261. The van der Waals surface area contributed by atoms with Gasteiger partial charge in [-0.05, 0) is 41.8 Å². The zero-order chi connectivity index (χ0) is 14.5. The van der Waals surface area contributed by atoms with E-state index in [0.29, 0.717) is 17.1 Å². The molecule has 1 unspecified atom stereocenters. The Morgan fingerprint density at radius 3 is 2.55 bits per heavy atom. The average molecular weight is 289 g/mol. The molecule has 0 amide bonds. The van der Waals surface area contributed by atoms with Crippen LogP contribution in [0.15, 0.2) is 42.5 Å². The number of aryl methyl sites for hydroxylation is 1. The first-order valence-electron chi connectivity index (χ1n) is 6.23. The number of halogens is 2. The topological polar surface area (TPSA) is 35.8 Å². The molecule has 0 bridgehead atoms. The number of rotatable bonds is 4. The predicted molar refractivity (Wildman–Crippen MR) is 77.8 cm³/mol. The smallest absolute Gasteiger partial charge is 0.126 e. The van der Waals surface area contributed by atoms with E-state index in [0.717, 1.165) is 11.1 Å². The second-order valence-electron chi connectivity index (χ2n) is 4.58. The molecule has 0 heterocycles. The van der Waals surface area contributed by atoms with Crippen molar-refractivity contribution in [2.24, 2.45) is 0 Å². The summed E-state index contributed by atoms with van der Waals surface area (Å²) < 4.78 is 13.2. The monoisotopic (exact) mass is 288 g/mol. The fourth-order valence-corrected chi connectivity index (χ4v) is 2.03. The van der Waals surface area contributed by atoms with Crippen molar-refractivity contribution >= 4 is 11.6 Å². The predicted octanol–water partition coefficient (Wildman–Crippen LogP) is 4.14. The molecule has 1 atom stereocenters. The quantitative estimate of drug-likeness (QED) is 0.918. The third kappa shape index (κ3) is 3.57. The van der Waals surface area contributed by atoms with E-state index in [1.54, 1.807) is 19.1 Å². The minimum atomic E-state index is -0.468. The number of hydrogen-bond donors (Lipinski definition) is 1. The van der Waals surface area contributed by atoms with Crippen LogP contribution in [0.1, 0.15) is 22.7 Å². The molecule has 102 valence electrons. The first-order valence-corrected chi connectivity index (χ1v) is 6.61. The molecule has 2 rings (SSSR count). The Morgan fingerprint density at radius 1 is 1.25 bits per heavy atom. The van der Waals surface area contributed by atoms with Gasteiger partial charge >= 0.3 is 0 Å². The molecule has 0 saturated heterocycles. The van der Waals surface area contributed by atoms with Gasteiger partial charge in [0.15, 0.2) is 0 Å². The van der Waals surface area contributed by atoms with Crippen LogP contribution in [-0.2, 0) is 6.54 Å². The van der Waals surface area contributed by atoms with E-state index in [2.05, 4.69) is 11.4 Å². The van der Waals surface area contributed by atoms with Crippen LogP contribution in [0.4, 0.5) is 4.39 Å². The van der Waals surface area contributed by atoms with Crippen molar-refractivity contribution in [3.8, 4) is 6.07 Å². The van der Waals surface area contributed by atoms with Crippen LogP contribution in [0.2, 0.25) is 5.02 Å². The van der Waals surface area contributed by atoms with E-state index < -0.39 is 6.04 Å². The molecule has 2 aromatic carbocycles. The summed E-state index contributed by atoms with van der Waals surface area (Å²) in [5.74, 6) is -0.261. The van der Waals surface area contributed by atoms with Crippen LogP contribution in [0.3, 0.4) is 0 Å². The fraction of sp³-hybridized carbons (Fsp3) is 0.188. The Hall–Kier alpha value is -1.89. The lowest BCUT2D eigenvalue weighted by Crippen LogP contribution is -2.19. The molecular weight excluding hydrogens is 275 g/mol. The third-order valence-electron chi connectivity index (χ3n) is 3.07. The van der Waals surface area contributed by atoms with Gasteiger partial charge in [-0.25, -0.2) is 4.39 Å². The molecule has 0 aliphatic carbocycles. The van der Waals surface area contributed by atoms with E-state index in [1.807, 2.05) is 24.3 Å². The lowest BCUT2D eigenvalue weighted by molar-refractivity contribution is 0.607. The maximum Gasteiger partial charge on any atom is 0.126 e. The molecule has 20 heavy (non-hydrogen) atoms. The summed E-state index contributed by atoms with van der Waals surface area (Å²) >= 11 is 5.82. The van der Waals surface area contributed by atoms with E-state index in [9.17, 15) is 9.65 Å². The zero-order valence-electron chi connectivity index (χ0n) is 11.0. The van der Waals surface area contributed by atoms with Crippen molar-refractivity contribution in [2.75, 3.05) is 0 Å². The number of hydrogen-bond acceptors (Lipinski definition) is 2. The summed E-state index contributed by atoms with van der Waals surface area (Å²) in [6.45, 7) is 2.23. The average Bonchev–Trinajstić information content (AvgIpc) is 2.45. The third-order valence-corrected chi connectivity index (χ3v) is 3.32. The van der Waals surface area contributed by atoms with Gasteiger partial charge in [-0.3, -0.25) is 5.32 Å². The van der Waals surface area contributed by atoms with Crippen molar-refractivity contribution in [1.82, 2.24) is 5.32 Å². The highest BCUT2D eigenvalue weighted by molar-refractivity contribution is 6.30. The summed E-state index contributed by atoms with van der Waals surface area (Å²) in [6, 6.07) is 13.8. The number of nitrogens with one attached hydrogen (secondary N) is 1. The normalized spacial score (nSPS) is 11.9. The maximum atomic E-state index is 13.2. The first-order chi connectivity index (χ1) is 9.60. The van der Waals surface area contributed by atoms with Crippen LogP contribution in [0, 0.1) is 24.1 Å². The Kier molecular flexibility index (Phi) is 4.73. The molecule has 0 fully saturated rings. The molecule has 0 aliphatic heterocycles. The second kappa shape index (κ2) is 6.51. The van der Waals surface area contributed by atoms with E-state index in [4.69, 9.17) is 11.6 Å². The molecule has 0 saturated carbocycles. The van der Waals surface area contributed by atoms with Crippen molar-refractivity contribution in [2.45, 2.75) is 19.5 Å². The molecule has 0 aliphatic rings. The van der Waals surface area contributed by atoms with Crippen molar-refractivity contribution in [1.29, 1.82) is 5.26 Å². The number of nitrogens with zero attached hydrogens (tertiary/aromatic N) is 1. The van der Waals surface area contributed by atoms with Gasteiger partial charge in [-0.2, -0.15) is 5.26 Å². The fourth-order valence-electron chi connectivity index (χ4n) is 1.91. The number of benzene rings is 2. The molecule has 0 aromatic heterocycles. The van der Waals surface area contributed by atoms with Gasteiger partial charge in [0.25, 0.3) is 0 Å². The lowest BCUT2D eigenvalue weighted by Gasteiger charge is -2.13. The van der Waals surface area contributed by atoms with Gasteiger partial charge in [0.1, 0.15) is 11.9 Å². The first kappa shape index (κ1) is 14.5. The van der Waals surface area contributed by atoms with Gasteiger partial charge in [0.2, 0.25) is 0 Å². The molecule has 0 radical (unpaired) electrons. The van der Waals surface area contributed by atoms with Crippen molar-refractivity contribution in [3.05, 3.63) is 70.0 Å². The van der Waals surface area contributed by atoms with Crippen molar-refractivity contribution < 1.29 is 4.39 Å². The summed E-state index contributed by atoms with van der Waals surface area (Å²) in [6.07, 6.45) is 0. The van der Waals surface area contributed by atoms with Crippen LogP contribution in [0.25, 0.3) is 0 Å². The highest BCUT2D eigenvalue weighted by atomic mass is 35.5. The van der Waals surface area contributed by atoms with E-state index in [-0.39, 0.29) is 5.82 Å². The van der Waals surface area contributed by atoms with Gasteiger partial charge in [0.05, 0.1) is 6.07 Å². The molecular formula is C16H14ClFN2. The van der Waals surface area contributed by atoms with Gasteiger partial charge < -0.3 is 0 Å². The summed E-state index contributed by atoms with van der Waals surface area (Å²) in [4.78, 5) is 0. The SMILES string of the molecule is Cc1cc(C(C#N)NCc2ccc(Cl)cc2)ccc1F. The van der Waals surface area contributed by atoms with Crippen LogP contribution >= 0.6 is 11.6 Å². The summed E-state index contributed by atoms with van der Waals surface area (Å²) in [7, 11) is 0. The van der Waals surface area contributed by atoms with E-state index >= 15 is 0 Å². The zero-order valence-corrected chi connectivity index (χ0v) is 11.8. The largest absolute Gasteiger partial charge is 0.294 e.